The lowest BCUT2D eigenvalue weighted by Gasteiger charge is -2.08. The number of nitrogens with zero attached hydrogens (tertiary/aromatic N) is 3. The molecule has 6 nitrogen and oxygen atoms in total. The van der Waals surface area contributed by atoms with Gasteiger partial charge in [-0.25, -0.2) is 0 Å². The number of aromatic nitrogens is 4. The summed E-state index contributed by atoms with van der Waals surface area (Å²) < 4.78 is 39.3. The Kier molecular flexibility index (Phi) is 5.16. The third-order valence-corrected chi connectivity index (χ3v) is 4.42. The van der Waals surface area contributed by atoms with Gasteiger partial charge in [0.15, 0.2) is 11.5 Å². The molecule has 3 aromatic rings. The van der Waals surface area contributed by atoms with E-state index in [0.717, 1.165) is 0 Å². The van der Waals surface area contributed by atoms with Crippen molar-refractivity contribution in [3.8, 4) is 0 Å². The van der Waals surface area contributed by atoms with Crippen LogP contribution in [0, 0.1) is 6.92 Å². The number of nitrogens with one attached hydrogen (secondary N) is 2. The maximum atomic E-state index is 12.6. The number of alkyl halides is 3. The van der Waals surface area contributed by atoms with Crippen molar-refractivity contribution in [2.75, 3.05) is 5.32 Å². The molecule has 27 heavy (non-hydrogen) atoms. The maximum Gasteiger partial charge on any atom is 0.432 e. The highest BCUT2D eigenvalue weighted by atomic mass is 35.5. The molecule has 1 amide bonds. The van der Waals surface area contributed by atoms with Gasteiger partial charge in [0.1, 0.15) is 5.69 Å². The quantitative estimate of drug-likeness (QED) is 0.653. The summed E-state index contributed by atoms with van der Waals surface area (Å²) in [7, 11) is 0. The average Bonchev–Trinajstić information content (AvgIpc) is 3.18. The van der Waals surface area contributed by atoms with Crippen molar-refractivity contribution in [3.05, 3.63) is 63.0 Å². The number of amides is 1. The van der Waals surface area contributed by atoms with E-state index in [0.29, 0.717) is 27.4 Å². The predicted molar refractivity (Wildman–Crippen MR) is 94.1 cm³/mol. The Balaban J connectivity index is 1.76. The zero-order chi connectivity index (χ0) is 19.8. The zero-order valence-electron chi connectivity index (χ0n) is 13.7. The highest BCUT2D eigenvalue weighted by Gasteiger charge is 2.33. The van der Waals surface area contributed by atoms with E-state index in [9.17, 15) is 18.0 Å². The molecule has 0 saturated heterocycles. The summed E-state index contributed by atoms with van der Waals surface area (Å²) in [5.41, 5.74) is -0.155. The Hall–Kier alpha value is -2.52. The molecular formula is C16H12Cl2F3N5O. The number of anilines is 1. The molecule has 0 aliphatic carbocycles. The van der Waals surface area contributed by atoms with Gasteiger partial charge >= 0.3 is 6.18 Å². The molecule has 0 unspecified atom stereocenters. The summed E-state index contributed by atoms with van der Waals surface area (Å²) >= 11 is 12.3. The molecule has 2 aromatic heterocycles. The van der Waals surface area contributed by atoms with Crippen molar-refractivity contribution in [2.45, 2.75) is 19.6 Å². The molecule has 1 aromatic carbocycles. The van der Waals surface area contributed by atoms with Crippen LogP contribution in [0.1, 0.15) is 27.4 Å². The van der Waals surface area contributed by atoms with Gasteiger partial charge in [0.2, 0.25) is 0 Å². The standard InChI is InChI=1S/C16H12Cl2F3N5O/c1-8-5-14(22-15(27)12-6-13(24-23-12)16(19,20)21)25-26(8)7-9-10(17)3-2-4-11(9)18/h2-6H,7H2,1H3,(H,23,24)(H,22,25,27). The maximum absolute atomic E-state index is 12.6. The highest BCUT2D eigenvalue weighted by molar-refractivity contribution is 6.35. The van der Waals surface area contributed by atoms with E-state index in [2.05, 4.69) is 15.5 Å². The van der Waals surface area contributed by atoms with Gasteiger partial charge in [0.25, 0.3) is 5.91 Å². The molecule has 2 heterocycles. The van der Waals surface area contributed by atoms with Crippen LogP contribution in [-0.4, -0.2) is 25.9 Å². The Morgan fingerprint density at radius 2 is 1.93 bits per heavy atom. The first-order valence-corrected chi connectivity index (χ1v) is 8.32. The van der Waals surface area contributed by atoms with Crippen LogP contribution in [-0.2, 0) is 12.7 Å². The predicted octanol–water partition coefficient (Wildman–Crippen LogP) is 4.54. The van der Waals surface area contributed by atoms with Crippen LogP contribution in [0.3, 0.4) is 0 Å². The SMILES string of the molecule is Cc1cc(NC(=O)c2cc(C(F)(F)F)[nH]n2)nn1Cc1c(Cl)cccc1Cl. The number of benzene rings is 1. The third kappa shape index (κ3) is 4.25. The van der Waals surface area contributed by atoms with Gasteiger partial charge in [-0.2, -0.15) is 23.4 Å². The van der Waals surface area contributed by atoms with Crippen molar-refractivity contribution in [2.24, 2.45) is 0 Å². The smallest absolute Gasteiger partial charge is 0.304 e. The number of aromatic amines is 1. The van der Waals surface area contributed by atoms with Gasteiger partial charge in [0, 0.05) is 33.4 Å². The minimum absolute atomic E-state index is 0.164. The summed E-state index contributed by atoms with van der Waals surface area (Å²) in [4.78, 5) is 12.1. The lowest BCUT2D eigenvalue weighted by atomic mass is 10.2. The fourth-order valence-corrected chi connectivity index (χ4v) is 2.85. The minimum Gasteiger partial charge on any atom is -0.304 e. The Labute approximate surface area is 161 Å². The highest BCUT2D eigenvalue weighted by Crippen LogP contribution is 2.28. The molecule has 0 fully saturated rings. The second-order valence-corrected chi connectivity index (χ2v) is 6.46. The number of hydrogen-bond donors (Lipinski definition) is 2. The van der Waals surface area contributed by atoms with E-state index >= 15 is 0 Å². The molecule has 3 rings (SSSR count). The van der Waals surface area contributed by atoms with Gasteiger partial charge in [-0.3, -0.25) is 14.6 Å². The van der Waals surface area contributed by atoms with Gasteiger partial charge in [-0.15, -0.1) is 0 Å². The fraction of sp³-hybridized carbons (Fsp3) is 0.188. The lowest BCUT2D eigenvalue weighted by molar-refractivity contribution is -0.141. The first-order chi connectivity index (χ1) is 12.6. The van der Waals surface area contributed by atoms with Crippen molar-refractivity contribution < 1.29 is 18.0 Å². The molecular weight excluding hydrogens is 406 g/mol. The molecule has 142 valence electrons. The first kappa shape index (κ1) is 19.2. The molecule has 2 N–H and O–H groups in total. The van der Waals surface area contributed by atoms with Gasteiger partial charge < -0.3 is 5.32 Å². The van der Waals surface area contributed by atoms with E-state index < -0.39 is 23.5 Å². The molecule has 0 saturated carbocycles. The van der Waals surface area contributed by atoms with Crippen molar-refractivity contribution in [1.29, 1.82) is 0 Å². The number of halogens is 5. The summed E-state index contributed by atoms with van der Waals surface area (Å²) in [6.07, 6.45) is -4.61. The first-order valence-electron chi connectivity index (χ1n) is 7.56. The summed E-state index contributed by atoms with van der Waals surface area (Å²) in [5, 5.41) is 12.7. The van der Waals surface area contributed by atoms with E-state index in [-0.39, 0.29) is 12.4 Å². The number of aryl methyl sites for hydroxylation is 1. The third-order valence-electron chi connectivity index (χ3n) is 3.71. The molecule has 0 bridgehead atoms. The lowest BCUT2D eigenvalue weighted by Crippen LogP contribution is -2.13. The number of hydrogen-bond acceptors (Lipinski definition) is 3. The van der Waals surface area contributed by atoms with Crippen LogP contribution in [0.4, 0.5) is 19.0 Å². The van der Waals surface area contributed by atoms with E-state index in [1.54, 1.807) is 41.0 Å². The Morgan fingerprint density at radius 1 is 1.26 bits per heavy atom. The Bertz CT molecular complexity index is 976. The average molecular weight is 418 g/mol. The number of carbonyl (C=O) groups excluding carboxylic acids is 1. The van der Waals surface area contributed by atoms with Crippen molar-refractivity contribution in [1.82, 2.24) is 20.0 Å². The number of carbonyl (C=O) groups is 1. The van der Waals surface area contributed by atoms with Gasteiger partial charge in [-0.1, -0.05) is 29.3 Å². The summed E-state index contributed by atoms with van der Waals surface area (Å²) in [5.74, 6) is -0.653. The normalized spacial score (nSPS) is 11.6. The molecule has 0 aliphatic rings. The molecule has 0 radical (unpaired) electrons. The fourth-order valence-electron chi connectivity index (χ4n) is 2.33. The van der Waals surface area contributed by atoms with E-state index in [1.807, 2.05) is 0 Å². The zero-order valence-corrected chi connectivity index (χ0v) is 15.2. The van der Waals surface area contributed by atoms with Crippen LogP contribution in [0.2, 0.25) is 10.0 Å². The van der Waals surface area contributed by atoms with Crippen LogP contribution in [0.15, 0.2) is 30.3 Å². The van der Waals surface area contributed by atoms with E-state index in [1.165, 1.54) is 0 Å². The van der Waals surface area contributed by atoms with Crippen LogP contribution >= 0.6 is 23.2 Å². The molecule has 0 atom stereocenters. The molecule has 0 spiro atoms. The summed E-state index contributed by atoms with van der Waals surface area (Å²) in [6.45, 7) is 2.02. The van der Waals surface area contributed by atoms with Gasteiger partial charge in [0.05, 0.1) is 6.54 Å². The molecule has 0 aliphatic heterocycles. The van der Waals surface area contributed by atoms with Gasteiger partial charge in [-0.05, 0) is 19.1 Å². The monoisotopic (exact) mass is 417 g/mol. The summed E-state index contributed by atoms with van der Waals surface area (Å²) in [6, 6.07) is 7.30. The molecule has 11 heteroatoms. The van der Waals surface area contributed by atoms with Crippen molar-refractivity contribution in [3.63, 3.8) is 0 Å². The second kappa shape index (κ2) is 7.24. The second-order valence-electron chi connectivity index (χ2n) is 5.65. The Morgan fingerprint density at radius 3 is 2.52 bits per heavy atom. The topological polar surface area (TPSA) is 75.6 Å². The van der Waals surface area contributed by atoms with Crippen LogP contribution in [0.25, 0.3) is 0 Å². The van der Waals surface area contributed by atoms with Crippen molar-refractivity contribution >= 4 is 34.9 Å². The van der Waals surface area contributed by atoms with Crippen LogP contribution < -0.4 is 5.32 Å². The number of rotatable bonds is 4. The number of H-pyrrole nitrogens is 1. The van der Waals surface area contributed by atoms with Crippen LogP contribution in [0.5, 0.6) is 0 Å². The largest absolute Gasteiger partial charge is 0.432 e. The minimum atomic E-state index is -4.61. The van der Waals surface area contributed by atoms with E-state index in [4.69, 9.17) is 23.2 Å².